The number of halogens is 3. The van der Waals surface area contributed by atoms with Gasteiger partial charge in [0, 0.05) is 6.04 Å². The van der Waals surface area contributed by atoms with Gasteiger partial charge in [0.05, 0.1) is 12.1 Å². The molecule has 1 aromatic carbocycles. The van der Waals surface area contributed by atoms with Crippen molar-refractivity contribution in [3.05, 3.63) is 35.1 Å². The van der Waals surface area contributed by atoms with Crippen LogP contribution in [0.15, 0.2) is 12.1 Å². The monoisotopic (exact) mass is 229 g/mol. The Balaban J connectivity index is 2.12. The molecule has 0 atom stereocenters. The number of benzene rings is 1. The quantitative estimate of drug-likeness (QED) is 0.632. The summed E-state index contributed by atoms with van der Waals surface area (Å²) in [5, 5.41) is 2.88. The van der Waals surface area contributed by atoms with Gasteiger partial charge < -0.3 is 5.32 Å². The van der Waals surface area contributed by atoms with Gasteiger partial charge in [-0.25, -0.2) is 13.2 Å². The highest BCUT2D eigenvalue weighted by molar-refractivity contribution is 5.97. The topological polar surface area (TPSA) is 29.1 Å². The van der Waals surface area contributed by atoms with Gasteiger partial charge in [0.15, 0.2) is 23.2 Å². The van der Waals surface area contributed by atoms with Crippen molar-refractivity contribution in [1.82, 2.24) is 5.32 Å². The molecule has 1 N–H and O–H groups in total. The molecule has 2 rings (SSSR count). The molecular weight excluding hydrogens is 219 g/mol. The number of nitrogens with one attached hydrogen (secondary N) is 1. The van der Waals surface area contributed by atoms with Crippen molar-refractivity contribution in [3.63, 3.8) is 0 Å². The molecule has 5 heteroatoms. The fourth-order valence-electron chi connectivity index (χ4n) is 1.36. The van der Waals surface area contributed by atoms with E-state index in [1.807, 2.05) is 0 Å². The fraction of sp³-hybridized carbons (Fsp3) is 0.364. The van der Waals surface area contributed by atoms with Crippen LogP contribution in [-0.4, -0.2) is 18.4 Å². The Morgan fingerprint density at radius 3 is 2.56 bits per heavy atom. The van der Waals surface area contributed by atoms with Gasteiger partial charge in [-0.1, -0.05) is 0 Å². The van der Waals surface area contributed by atoms with E-state index in [0.29, 0.717) is 6.04 Å². The molecule has 1 saturated carbocycles. The Morgan fingerprint density at radius 2 is 1.94 bits per heavy atom. The second-order valence-electron chi connectivity index (χ2n) is 3.80. The van der Waals surface area contributed by atoms with Crippen LogP contribution < -0.4 is 5.32 Å². The smallest absolute Gasteiger partial charge is 0.195 e. The Hall–Kier alpha value is -1.36. The summed E-state index contributed by atoms with van der Waals surface area (Å²) in [5.74, 6) is -4.87. The van der Waals surface area contributed by atoms with Crippen LogP contribution in [0.4, 0.5) is 13.2 Å². The maximum atomic E-state index is 13.2. The number of Topliss-reactive ketones (excluding diaryl/α,β-unsaturated/α-hetero) is 1. The molecule has 0 heterocycles. The van der Waals surface area contributed by atoms with Crippen LogP contribution in [0.25, 0.3) is 0 Å². The van der Waals surface area contributed by atoms with Crippen LogP contribution in [0.1, 0.15) is 23.2 Å². The lowest BCUT2D eigenvalue weighted by Crippen LogP contribution is -2.25. The average molecular weight is 229 g/mol. The summed E-state index contributed by atoms with van der Waals surface area (Å²) in [5.41, 5.74) is -0.410. The lowest BCUT2D eigenvalue weighted by molar-refractivity contribution is 0.0985. The summed E-state index contributed by atoms with van der Waals surface area (Å²) >= 11 is 0. The first kappa shape index (κ1) is 11.1. The van der Waals surface area contributed by atoms with Crippen molar-refractivity contribution in [3.8, 4) is 0 Å². The lowest BCUT2D eigenvalue weighted by Gasteiger charge is -2.04. The molecule has 0 radical (unpaired) electrons. The van der Waals surface area contributed by atoms with Crippen LogP contribution in [0.5, 0.6) is 0 Å². The summed E-state index contributed by atoms with van der Waals surface area (Å²) in [4.78, 5) is 11.5. The number of ketones is 1. The van der Waals surface area contributed by atoms with Crippen LogP contribution in [0, 0.1) is 17.5 Å². The summed E-state index contributed by atoms with van der Waals surface area (Å²) in [6.45, 7) is -0.0489. The Bertz CT molecular complexity index is 429. The van der Waals surface area contributed by atoms with Crippen LogP contribution in [0.2, 0.25) is 0 Å². The van der Waals surface area contributed by atoms with E-state index in [9.17, 15) is 18.0 Å². The van der Waals surface area contributed by atoms with Crippen LogP contribution >= 0.6 is 0 Å². The van der Waals surface area contributed by atoms with E-state index >= 15 is 0 Å². The molecule has 0 amide bonds. The molecule has 0 aromatic heterocycles. The molecule has 1 fully saturated rings. The zero-order valence-electron chi connectivity index (χ0n) is 8.40. The first-order chi connectivity index (χ1) is 7.59. The minimum Gasteiger partial charge on any atom is -0.307 e. The molecule has 0 aliphatic heterocycles. The predicted molar refractivity (Wildman–Crippen MR) is 51.7 cm³/mol. The van der Waals surface area contributed by atoms with Crippen molar-refractivity contribution < 1.29 is 18.0 Å². The zero-order valence-corrected chi connectivity index (χ0v) is 8.40. The molecule has 0 bridgehead atoms. The van der Waals surface area contributed by atoms with E-state index in [1.54, 1.807) is 0 Å². The first-order valence-electron chi connectivity index (χ1n) is 4.99. The van der Waals surface area contributed by atoms with Gasteiger partial charge in [0.1, 0.15) is 0 Å². The number of hydrogen-bond acceptors (Lipinski definition) is 2. The molecule has 0 spiro atoms. The highest BCUT2D eigenvalue weighted by Crippen LogP contribution is 2.19. The van der Waals surface area contributed by atoms with Crippen LogP contribution in [-0.2, 0) is 0 Å². The van der Waals surface area contributed by atoms with Crippen molar-refractivity contribution in [2.45, 2.75) is 18.9 Å². The third kappa shape index (κ3) is 2.24. The molecule has 1 aliphatic rings. The molecule has 16 heavy (non-hydrogen) atoms. The number of hydrogen-bond donors (Lipinski definition) is 1. The molecule has 1 aromatic rings. The largest absolute Gasteiger partial charge is 0.307 e. The van der Waals surface area contributed by atoms with Crippen LogP contribution in [0.3, 0.4) is 0 Å². The molecule has 0 saturated heterocycles. The average Bonchev–Trinajstić information content (AvgIpc) is 3.07. The van der Waals surface area contributed by atoms with Gasteiger partial charge >= 0.3 is 0 Å². The van der Waals surface area contributed by atoms with E-state index in [0.717, 1.165) is 25.0 Å². The number of rotatable bonds is 4. The van der Waals surface area contributed by atoms with Gasteiger partial charge in [0.25, 0.3) is 0 Å². The molecule has 0 unspecified atom stereocenters. The minimum absolute atomic E-state index is 0.0489. The van der Waals surface area contributed by atoms with E-state index in [1.165, 1.54) is 0 Å². The van der Waals surface area contributed by atoms with Crippen molar-refractivity contribution in [2.75, 3.05) is 6.54 Å². The lowest BCUT2D eigenvalue weighted by atomic mass is 10.1. The summed E-state index contributed by atoms with van der Waals surface area (Å²) in [6, 6.07) is 2.02. The van der Waals surface area contributed by atoms with Crippen molar-refractivity contribution in [2.24, 2.45) is 0 Å². The standard InChI is InChI=1S/C11H10F3NO/c12-8-4-3-7(10(13)11(8)14)9(16)5-15-6-1-2-6/h3-4,6,15H,1-2,5H2. The molecular formula is C11H10F3NO. The van der Waals surface area contributed by atoms with E-state index in [2.05, 4.69) is 5.32 Å². The van der Waals surface area contributed by atoms with Crippen molar-refractivity contribution >= 4 is 5.78 Å². The normalized spacial score (nSPS) is 15.2. The molecule has 2 nitrogen and oxygen atoms in total. The van der Waals surface area contributed by atoms with Gasteiger partial charge in [-0.05, 0) is 25.0 Å². The predicted octanol–water partition coefficient (Wildman–Crippen LogP) is 2.04. The van der Waals surface area contributed by atoms with Gasteiger partial charge in [-0.2, -0.15) is 0 Å². The summed E-state index contributed by atoms with van der Waals surface area (Å²) in [7, 11) is 0. The maximum Gasteiger partial charge on any atom is 0.195 e. The Kier molecular flexibility index (Phi) is 2.96. The third-order valence-corrected chi connectivity index (χ3v) is 2.46. The Morgan fingerprint density at radius 1 is 1.25 bits per heavy atom. The maximum absolute atomic E-state index is 13.2. The third-order valence-electron chi connectivity index (χ3n) is 2.46. The van der Waals surface area contributed by atoms with Crippen molar-refractivity contribution in [1.29, 1.82) is 0 Å². The number of carbonyl (C=O) groups is 1. The minimum atomic E-state index is -1.60. The summed E-state index contributed by atoms with van der Waals surface area (Å²) in [6.07, 6.45) is 1.99. The van der Waals surface area contributed by atoms with E-state index in [4.69, 9.17) is 0 Å². The van der Waals surface area contributed by atoms with Gasteiger partial charge in [-0.3, -0.25) is 4.79 Å². The second-order valence-corrected chi connectivity index (χ2v) is 3.80. The van der Waals surface area contributed by atoms with E-state index in [-0.39, 0.29) is 6.54 Å². The van der Waals surface area contributed by atoms with Gasteiger partial charge in [0.2, 0.25) is 0 Å². The second kappa shape index (κ2) is 4.25. The Labute approximate surface area is 90.5 Å². The first-order valence-corrected chi connectivity index (χ1v) is 4.99. The molecule has 86 valence electrons. The van der Waals surface area contributed by atoms with E-state index < -0.39 is 28.8 Å². The molecule has 1 aliphatic carbocycles. The highest BCUT2D eigenvalue weighted by atomic mass is 19.2. The highest BCUT2D eigenvalue weighted by Gasteiger charge is 2.23. The zero-order chi connectivity index (χ0) is 11.7. The fourth-order valence-corrected chi connectivity index (χ4v) is 1.36. The van der Waals surface area contributed by atoms with Gasteiger partial charge in [-0.15, -0.1) is 0 Å². The SMILES string of the molecule is O=C(CNC1CC1)c1ccc(F)c(F)c1F. The summed E-state index contributed by atoms with van der Waals surface area (Å²) < 4.78 is 38.6. The number of carbonyl (C=O) groups excluding carboxylic acids is 1.